The molecule has 1 aromatic heterocycles. The molecule has 0 radical (unpaired) electrons. The molecule has 2 aliphatic heterocycles. The first-order valence-electron chi connectivity index (χ1n) is 13.6. The molecule has 6 rings (SSSR count). The summed E-state index contributed by atoms with van der Waals surface area (Å²) in [6, 6.07) is 21.0. The van der Waals surface area contributed by atoms with Crippen molar-refractivity contribution in [1.29, 1.82) is 0 Å². The first-order valence-corrected chi connectivity index (χ1v) is 13.6. The molecule has 4 aromatic rings. The molecule has 3 heterocycles. The Hall–Kier alpha value is -3.94. The molecule has 200 valence electrons. The van der Waals surface area contributed by atoms with E-state index in [0.717, 1.165) is 84.9 Å². The first-order chi connectivity index (χ1) is 19.1. The lowest BCUT2D eigenvalue weighted by atomic mass is 9.93. The van der Waals surface area contributed by atoms with Gasteiger partial charge in [-0.1, -0.05) is 42.5 Å². The average Bonchev–Trinajstić information content (AvgIpc) is 3.49. The number of hydrogen-bond acceptors (Lipinski definition) is 5. The van der Waals surface area contributed by atoms with Crippen LogP contribution in [0.5, 0.6) is 5.75 Å². The molecule has 1 amide bonds. The standard InChI is InChI=1S/C32H34N4O3/c1-35-31-14-10-25(38-2)20-28(31)26(32(35)37)11-7-23-8-12-27-29(33-34-30(27)19-23)13-9-22-3-5-24(6-4-22)21-36-15-17-39-18-16-36/h3-6,8-10,12-14,19-20,26H,7,11,15-18,21H2,1-2H3,(H,33,34)/b13-9+. The molecule has 1 N–H and O–H groups in total. The van der Waals surface area contributed by atoms with E-state index in [9.17, 15) is 4.79 Å². The Bertz CT molecular complexity index is 1500. The third-order valence-electron chi connectivity index (χ3n) is 7.90. The number of aryl methyl sites for hydroxylation is 1. The lowest BCUT2D eigenvalue weighted by molar-refractivity contribution is -0.119. The summed E-state index contributed by atoms with van der Waals surface area (Å²) in [5, 5.41) is 8.82. The molecule has 0 saturated carbocycles. The Balaban J connectivity index is 1.11. The fourth-order valence-corrected chi connectivity index (χ4v) is 5.62. The van der Waals surface area contributed by atoms with E-state index in [1.54, 1.807) is 12.0 Å². The number of nitrogens with one attached hydrogen (secondary N) is 1. The van der Waals surface area contributed by atoms with E-state index in [1.807, 2.05) is 25.2 Å². The molecule has 3 aromatic carbocycles. The van der Waals surface area contributed by atoms with Gasteiger partial charge < -0.3 is 14.4 Å². The minimum atomic E-state index is -0.156. The van der Waals surface area contributed by atoms with Gasteiger partial charge in [-0.2, -0.15) is 5.10 Å². The fraction of sp³-hybridized carbons (Fsp3) is 0.312. The summed E-state index contributed by atoms with van der Waals surface area (Å²) in [4.78, 5) is 17.1. The predicted molar refractivity (Wildman–Crippen MR) is 155 cm³/mol. The first kappa shape index (κ1) is 25.3. The molecule has 0 aliphatic carbocycles. The lowest BCUT2D eigenvalue weighted by Crippen LogP contribution is -2.35. The monoisotopic (exact) mass is 522 g/mol. The Kier molecular flexibility index (Phi) is 7.18. The van der Waals surface area contributed by atoms with Crippen LogP contribution in [0.3, 0.4) is 0 Å². The summed E-state index contributed by atoms with van der Waals surface area (Å²) >= 11 is 0. The van der Waals surface area contributed by atoms with Crippen molar-refractivity contribution in [3.8, 4) is 5.75 Å². The second kappa shape index (κ2) is 11.0. The summed E-state index contributed by atoms with van der Waals surface area (Å²) < 4.78 is 10.8. The van der Waals surface area contributed by atoms with Gasteiger partial charge in [0, 0.05) is 37.8 Å². The zero-order chi connectivity index (χ0) is 26.8. The van der Waals surface area contributed by atoms with Crippen molar-refractivity contribution in [2.45, 2.75) is 25.3 Å². The van der Waals surface area contributed by atoms with Gasteiger partial charge in [0.05, 0.1) is 37.5 Å². The third kappa shape index (κ3) is 5.33. The normalized spacial score (nSPS) is 17.8. The molecule has 0 bridgehead atoms. The lowest BCUT2D eigenvalue weighted by Gasteiger charge is -2.26. The van der Waals surface area contributed by atoms with Crippen LogP contribution in [-0.2, 0) is 22.5 Å². The van der Waals surface area contributed by atoms with E-state index in [2.05, 4.69) is 69.7 Å². The van der Waals surface area contributed by atoms with Gasteiger partial charge in [0.2, 0.25) is 5.91 Å². The van der Waals surface area contributed by atoms with Crippen LogP contribution in [0, 0.1) is 0 Å². The van der Waals surface area contributed by atoms with Crippen LogP contribution in [0.15, 0.2) is 60.7 Å². The number of carbonyl (C=O) groups excluding carboxylic acids is 1. The maximum Gasteiger partial charge on any atom is 0.234 e. The number of methoxy groups -OCH3 is 1. The molecule has 1 atom stereocenters. The number of anilines is 1. The van der Waals surface area contributed by atoms with E-state index in [1.165, 1.54) is 11.1 Å². The molecular formula is C32H34N4O3. The number of nitrogens with zero attached hydrogens (tertiary/aromatic N) is 3. The van der Waals surface area contributed by atoms with Gasteiger partial charge in [0.25, 0.3) is 0 Å². The van der Waals surface area contributed by atoms with E-state index in [-0.39, 0.29) is 11.8 Å². The topological polar surface area (TPSA) is 70.7 Å². The number of aromatic amines is 1. The number of likely N-dealkylation sites (N-methyl/N-ethyl adjacent to an activating group) is 1. The maximum absolute atomic E-state index is 13.0. The zero-order valence-corrected chi connectivity index (χ0v) is 22.5. The summed E-state index contributed by atoms with van der Waals surface area (Å²) in [6.45, 7) is 4.60. The molecule has 39 heavy (non-hydrogen) atoms. The van der Waals surface area contributed by atoms with Gasteiger partial charge >= 0.3 is 0 Å². The largest absolute Gasteiger partial charge is 0.497 e. The van der Waals surface area contributed by atoms with Gasteiger partial charge in [0.15, 0.2) is 0 Å². The number of rotatable bonds is 8. The highest BCUT2D eigenvalue weighted by Crippen LogP contribution is 2.41. The molecular weight excluding hydrogens is 488 g/mol. The van der Waals surface area contributed by atoms with Gasteiger partial charge in [-0.25, -0.2) is 0 Å². The highest BCUT2D eigenvalue weighted by molar-refractivity contribution is 6.04. The number of fused-ring (bicyclic) bond motifs is 2. The van der Waals surface area contributed by atoms with Crippen LogP contribution in [0.25, 0.3) is 23.1 Å². The van der Waals surface area contributed by atoms with Crippen LogP contribution in [0.2, 0.25) is 0 Å². The maximum atomic E-state index is 13.0. The van der Waals surface area contributed by atoms with Crippen LogP contribution in [0.4, 0.5) is 5.69 Å². The van der Waals surface area contributed by atoms with Crippen molar-refractivity contribution >= 4 is 34.6 Å². The number of aromatic nitrogens is 2. The molecule has 0 spiro atoms. The molecule has 1 unspecified atom stereocenters. The fourth-order valence-electron chi connectivity index (χ4n) is 5.62. The smallest absolute Gasteiger partial charge is 0.234 e. The Morgan fingerprint density at radius 2 is 1.82 bits per heavy atom. The Morgan fingerprint density at radius 3 is 2.62 bits per heavy atom. The second-order valence-corrected chi connectivity index (χ2v) is 10.4. The van der Waals surface area contributed by atoms with Crippen LogP contribution >= 0.6 is 0 Å². The van der Waals surface area contributed by atoms with Crippen molar-refractivity contribution in [3.63, 3.8) is 0 Å². The summed E-state index contributed by atoms with van der Waals surface area (Å²) in [6.07, 6.45) is 5.72. The quantitative estimate of drug-likeness (QED) is 0.342. The number of benzene rings is 3. The van der Waals surface area contributed by atoms with Crippen molar-refractivity contribution in [2.24, 2.45) is 0 Å². The van der Waals surface area contributed by atoms with Gasteiger partial charge in [-0.05, 0) is 65.4 Å². The van der Waals surface area contributed by atoms with Crippen LogP contribution in [0.1, 0.15) is 40.3 Å². The number of morpholine rings is 1. The number of H-pyrrole nitrogens is 1. The van der Waals surface area contributed by atoms with E-state index < -0.39 is 0 Å². The van der Waals surface area contributed by atoms with Crippen molar-refractivity contribution in [2.75, 3.05) is 45.4 Å². The zero-order valence-electron chi connectivity index (χ0n) is 22.5. The minimum Gasteiger partial charge on any atom is -0.497 e. The highest BCUT2D eigenvalue weighted by atomic mass is 16.5. The second-order valence-electron chi connectivity index (χ2n) is 10.4. The summed E-state index contributed by atoms with van der Waals surface area (Å²) in [5.74, 6) is 0.768. The van der Waals surface area contributed by atoms with Gasteiger partial charge in [-0.15, -0.1) is 0 Å². The molecule has 2 aliphatic rings. The Morgan fingerprint density at radius 1 is 1.03 bits per heavy atom. The predicted octanol–water partition coefficient (Wildman–Crippen LogP) is 5.27. The average molecular weight is 523 g/mol. The number of ether oxygens (including phenoxy) is 2. The van der Waals surface area contributed by atoms with Crippen molar-refractivity contribution in [3.05, 3.63) is 88.6 Å². The molecule has 7 heteroatoms. The number of hydrogen-bond donors (Lipinski definition) is 1. The van der Waals surface area contributed by atoms with Crippen molar-refractivity contribution < 1.29 is 14.3 Å². The minimum absolute atomic E-state index is 0.141. The highest BCUT2D eigenvalue weighted by Gasteiger charge is 2.35. The third-order valence-corrected chi connectivity index (χ3v) is 7.90. The number of amides is 1. The Labute approximate surface area is 229 Å². The van der Waals surface area contributed by atoms with Gasteiger partial charge in [-0.3, -0.25) is 14.8 Å². The van der Waals surface area contributed by atoms with Crippen molar-refractivity contribution in [1.82, 2.24) is 15.1 Å². The van der Waals surface area contributed by atoms with Crippen LogP contribution in [-0.4, -0.2) is 61.5 Å². The van der Waals surface area contributed by atoms with E-state index >= 15 is 0 Å². The molecule has 1 fully saturated rings. The van der Waals surface area contributed by atoms with Crippen LogP contribution < -0.4 is 9.64 Å². The van der Waals surface area contributed by atoms with E-state index in [4.69, 9.17) is 9.47 Å². The summed E-state index contributed by atoms with van der Waals surface area (Å²) in [5.41, 5.74) is 7.60. The van der Waals surface area contributed by atoms with Gasteiger partial charge in [0.1, 0.15) is 5.75 Å². The SMILES string of the molecule is COc1ccc2c(c1)C(CCc1ccc3c(/C=C/c4ccc(CN5CCOCC5)cc4)n[nH]c3c1)C(=O)N2C. The molecule has 1 saturated heterocycles. The molecule has 7 nitrogen and oxygen atoms in total. The van der Waals surface area contributed by atoms with E-state index in [0.29, 0.717) is 0 Å². The number of carbonyl (C=O) groups is 1. The summed E-state index contributed by atoms with van der Waals surface area (Å²) in [7, 11) is 3.50.